The maximum absolute atomic E-state index is 13.0. The summed E-state index contributed by atoms with van der Waals surface area (Å²) in [6.45, 7) is 0. The maximum Gasteiger partial charge on any atom is 0.236 e. The number of thiazole rings is 1. The van der Waals surface area contributed by atoms with Gasteiger partial charge in [0.2, 0.25) is 11.1 Å². The van der Waals surface area contributed by atoms with E-state index in [4.69, 9.17) is 11.6 Å². The first kappa shape index (κ1) is 21.7. The Hall–Kier alpha value is -3.08. The molecule has 2 aromatic carbocycles. The molecule has 0 unspecified atom stereocenters. The number of carbonyl (C=O) groups excluding carboxylic acids is 1. The number of anilines is 1. The zero-order chi connectivity index (χ0) is 22.9. The average Bonchev–Trinajstić information content (AvgIpc) is 3.35. The van der Waals surface area contributed by atoms with Crippen molar-refractivity contribution in [2.75, 3.05) is 11.1 Å². The van der Waals surface area contributed by atoms with Crippen LogP contribution >= 0.6 is 34.7 Å². The highest BCUT2D eigenvalue weighted by Crippen LogP contribution is 2.28. The third-order valence-electron chi connectivity index (χ3n) is 4.97. The summed E-state index contributed by atoms with van der Waals surface area (Å²) in [5, 5.41) is 13.7. The van der Waals surface area contributed by atoms with Gasteiger partial charge in [-0.2, -0.15) is 0 Å². The minimum Gasteiger partial charge on any atom is -0.327 e. The molecule has 0 bridgehead atoms. The van der Waals surface area contributed by atoms with E-state index in [2.05, 4.69) is 25.5 Å². The molecule has 0 spiro atoms. The van der Waals surface area contributed by atoms with Crippen LogP contribution in [-0.4, -0.2) is 36.4 Å². The van der Waals surface area contributed by atoms with E-state index in [1.54, 1.807) is 18.3 Å². The van der Waals surface area contributed by atoms with Crippen LogP contribution in [0.2, 0.25) is 5.02 Å². The van der Waals surface area contributed by atoms with Crippen LogP contribution in [0.15, 0.2) is 53.8 Å². The molecule has 7 nitrogen and oxygen atoms in total. The van der Waals surface area contributed by atoms with Gasteiger partial charge in [0, 0.05) is 35.0 Å². The number of halogens is 2. The first-order chi connectivity index (χ1) is 16.0. The molecule has 166 valence electrons. The third kappa shape index (κ3) is 4.68. The molecule has 3 aromatic heterocycles. The van der Waals surface area contributed by atoms with Gasteiger partial charge in [-0.25, -0.2) is 14.4 Å². The Kier molecular flexibility index (Phi) is 5.96. The lowest BCUT2D eigenvalue weighted by atomic mass is 10.1. The number of nitrogens with zero attached hydrogens (tertiary/aromatic N) is 5. The number of carbonyl (C=O) groups is 1. The highest BCUT2D eigenvalue weighted by atomic mass is 35.5. The highest BCUT2D eigenvalue weighted by Gasteiger charge is 2.15. The van der Waals surface area contributed by atoms with Gasteiger partial charge in [-0.05, 0) is 35.9 Å². The molecule has 0 aliphatic carbocycles. The number of aromatic nitrogens is 5. The molecule has 1 N–H and O–H groups in total. The smallest absolute Gasteiger partial charge is 0.236 e. The largest absolute Gasteiger partial charge is 0.327 e. The lowest BCUT2D eigenvalue weighted by Gasteiger charge is -2.02. The van der Waals surface area contributed by atoms with Crippen molar-refractivity contribution in [3.8, 4) is 0 Å². The van der Waals surface area contributed by atoms with Gasteiger partial charge in [-0.1, -0.05) is 35.5 Å². The Morgan fingerprint density at radius 3 is 2.85 bits per heavy atom. The Bertz CT molecular complexity index is 1480. The zero-order valence-corrected chi connectivity index (χ0v) is 19.6. The Morgan fingerprint density at radius 2 is 2.03 bits per heavy atom. The van der Waals surface area contributed by atoms with E-state index in [9.17, 15) is 9.18 Å². The SMILES string of the molecule is Cn1c2ccc(Cl)cc2c2nnc(SCC(=O)Nc3ncc(Cc4ccc(F)cc4)s3)nc21. The van der Waals surface area contributed by atoms with E-state index in [0.717, 1.165) is 21.3 Å². The van der Waals surface area contributed by atoms with Crippen LogP contribution in [0.4, 0.5) is 9.52 Å². The number of hydrogen-bond acceptors (Lipinski definition) is 7. The molecule has 0 fully saturated rings. The minimum atomic E-state index is -0.267. The molecule has 0 aliphatic heterocycles. The second kappa shape index (κ2) is 9.05. The summed E-state index contributed by atoms with van der Waals surface area (Å²) < 4.78 is 15.0. The zero-order valence-electron chi connectivity index (χ0n) is 17.2. The second-order valence-electron chi connectivity index (χ2n) is 7.26. The van der Waals surface area contributed by atoms with E-state index in [-0.39, 0.29) is 17.5 Å². The molecule has 33 heavy (non-hydrogen) atoms. The van der Waals surface area contributed by atoms with Gasteiger partial charge in [0.05, 0.1) is 11.3 Å². The number of benzene rings is 2. The molecular formula is C22H16ClFN6OS2. The molecular weight excluding hydrogens is 483 g/mol. The molecule has 0 saturated heterocycles. The fourth-order valence-corrected chi connectivity index (χ4v) is 5.03. The van der Waals surface area contributed by atoms with E-state index in [1.807, 2.05) is 29.8 Å². The number of aryl methyl sites for hydroxylation is 1. The summed E-state index contributed by atoms with van der Waals surface area (Å²) >= 11 is 8.70. The summed E-state index contributed by atoms with van der Waals surface area (Å²) in [7, 11) is 1.90. The van der Waals surface area contributed by atoms with E-state index in [1.165, 1.54) is 35.2 Å². The highest BCUT2D eigenvalue weighted by molar-refractivity contribution is 7.99. The van der Waals surface area contributed by atoms with Crippen molar-refractivity contribution in [3.63, 3.8) is 0 Å². The minimum absolute atomic E-state index is 0.121. The van der Waals surface area contributed by atoms with Gasteiger partial charge in [0.15, 0.2) is 10.8 Å². The number of thioether (sulfide) groups is 1. The van der Waals surface area contributed by atoms with E-state index < -0.39 is 0 Å². The van der Waals surface area contributed by atoms with Crippen molar-refractivity contribution in [3.05, 3.63) is 69.9 Å². The number of amides is 1. The van der Waals surface area contributed by atoms with Gasteiger partial charge in [-0.15, -0.1) is 21.5 Å². The van der Waals surface area contributed by atoms with Crippen LogP contribution in [0.25, 0.3) is 22.1 Å². The molecule has 1 amide bonds. The standard InChI is InChI=1S/C22H16ClFN6OS2/c1-30-17-7-4-13(23)9-16(17)19-20(30)27-22(29-28-19)32-11-18(31)26-21-25-10-15(33-21)8-12-2-5-14(24)6-3-12/h2-7,9-10H,8,11H2,1H3,(H,25,26,31). The summed E-state index contributed by atoms with van der Waals surface area (Å²) in [5.41, 5.74) is 3.27. The van der Waals surface area contributed by atoms with Crippen molar-refractivity contribution in [2.45, 2.75) is 11.6 Å². The predicted molar refractivity (Wildman–Crippen MR) is 129 cm³/mol. The summed E-state index contributed by atoms with van der Waals surface area (Å²) in [6, 6.07) is 11.9. The number of nitrogens with one attached hydrogen (secondary N) is 1. The van der Waals surface area contributed by atoms with Crippen molar-refractivity contribution in [1.82, 2.24) is 24.7 Å². The quantitative estimate of drug-likeness (QED) is 0.328. The Balaban J connectivity index is 1.23. The van der Waals surface area contributed by atoms with Crippen LogP contribution in [0.3, 0.4) is 0 Å². The fourth-order valence-electron chi connectivity index (χ4n) is 3.41. The molecule has 0 atom stereocenters. The van der Waals surface area contributed by atoms with Gasteiger partial charge in [0.25, 0.3) is 0 Å². The molecule has 3 heterocycles. The van der Waals surface area contributed by atoms with E-state index >= 15 is 0 Å². The maximum atomic E-state index is 13.0. The van der Waals surface area contributed by atoms with Gasteiger partial charge >= 0.3 is 0 Å². The van der Waals surface area contributed by atoms with Crippen LogP contribution in [0.5, 0.6) is 0 Å². The van der Waals surface area contributed by atoms with Crippen LogP contribution in [0, 0.1) is 5.82 Å². The lowest BCUT2D eigenvalue weighted by Crippen LogP contribution is -2.14. The number of rotatable bonds is 6. The lowest BCUT2D eigenvalue weighted by molar-refractivity contribution is -0.113. The third-order valence-corrected chi connectivity index (χ3v) is 6.95. The monoisotopic (exact) mass is 498 g/mol. The Labute approximate surface area is 201 Å². The second-order valence-corrected chi connectivity index (χ2v) is 9.75. The van der Waals surface area contributed by atoms with E-state index in [0.29, 0.717) is 32.9 Å². The molecule has 5 rings (SSSR count). The predicted octanol–water partition coefficient (Wildman–Crippen LogP) is 5.09. The Morgan fingerprint density at radius 1 is 1.21 bits per heavy atom. The van der Waals surface area contributed by atoms with Crippen molar-refractivity contribution >= 4 is 67.8 Å². The topological polar surface area (TPSA) is 85.6 Å². The summed E-state index contributed by atoms with van der Waals surface area (Å²) in [5.74, 6) is -0.359. The van der Waals surface area contributed by atoms with Gasteiger partial charge < -0.3 is 9.88 Å². The van der Waals surface area contributed by atoms with Crippen LogP contribution in [-0.2, 0) is 18.3 Å². The summed E-state index contributed by atoms with van der Waals surface area (Å²) in [6.07, 6.45) is 2.34. The molecule has 5 aromatic rings. The average molecular weight is 499 g/mol. The first-order valence-corrected chi connectivity index (χ1v) is 12.0. The van der Waals surface area contributed by atoms with Crippen LogP contribution in [0.1, 0.15) is 10.4 Å². The number of fused-ring (bicyclic) bond motifs is 3. The molecule has 0 radical (unpaired) electrons. The normalized spacial score (nSPS) is 11.4. The molecule has 0 aliphatic rings. The van der Waals surface area contributed by atoms with Crippen molar-refractivity contribution in [1.29, 1.82) is 0 Å². The van der Waals surface area contributed by atoms with Crippen molar-refractivity contribution in [2.24, 2.45) is 7.05 Å². The van der Waals surface area contributed by atoms with Crippen LogP contribution < -0.4 is 5.32 Å². The van der Waals surface area contributed by atoms with Crippen molar-refractivity contribution < 1.29 is 9.18 Å². The number of hydrogen-bond donors (Lipinski definition) is 1. The summed E-state index contributed by atoms with van der Waals surface area (Å²) in [4.78, 5) is 22.2. The fraction of sp³-hybridized carbons (Fsp3) is 0.136. The molecule has 0 saturated carbocycles. The first-order valence-electron chi connectivity index (χ1n) is 9.86. The van der Waals surface area contributed by atoms with Gasteiger partial charge in [-0.3, -0.25) is 4.79 Å². The molecule has 11 heteroatoms. The van der Waals surface area contributed by atoms with Gasteiger partial charge in [0.1, 0.15) is 11.3 Å².